The molecule has 3 aliphatic rings. The largest absolute Gasteiger partial charge is 0.296 e. The van der Waals surface area contributed by atoms with Gasteiger partial charge >= 0.3 is 0 Å². The number of fused-ring (bicyclic) bond motifs is 1. The summed E-state index contributed by atoms with van der Waals surface area (Å²) in [5, 5.41) is 3.84. The molecule has 9 nitrogen and oxygen atoms in total. The van der Waals surface area contributed by atoms with Gasteiger partial charge in [-0.2, -0.15) is 5.10 Å². The van der Waals surface area contributed by atoms with E-state index in [9.17, 15) is 24.0 Å². The van der Waals surface area contributed by atoms with E-state index in [2.05, 4.69) is 10.5 Å². The molecule has 0 spiro atoms. The number of amides is 4. The summed E-state index contributed by atoms with van der Waals surface area (Å²) in [7, 11) is 0. The molecule has 9 heteroatoms. The van der Waals surface area contributed by atoms with Crippen LogP contribution in [0.3, 0.4) is 0 Å². The third-order valence-corrected chi connectivity index (χ3v) is 4.68. The summed E-state index contributed by atoms with van der Waals surface area (Å²) < 4.78 is 0. The summed E-state index contributed by atoms with van der Waals surface area (Å²) in [6, 6.07) is 7.44. The van der Waals surface area contributed by atoms with E-state index in [0.29, 0.717) is 5.69 Å². The molecule has 0 aliphatic carbocycles. The van der Waals surface area contributed by atoms with Gasteiger partial charge in [-0.3, -0.25) is 34.3 Å². The zero-order valence-electron chi connectivity index (χ0n) is 13.5. The average molecular weight is 354 g/mol. The number of anilines is 1. The number of carbonyl (C=O) groups excluding carboxylic acids is 5. The van der Waals surface area contributed by atoms with Crippen LogP contribution in [0.4, 0.5) is 5.69 Å². The second-order valence-electron chi connectivity index (χ2n) is 6.23. The molecular formula is C17H14N4O5. The van der Waals surface area contributed by atoms with Crippen LogP contribution in [0.15, 0.2) is 35.4 Å². The van der Waals surface area contributed by atoms with Gasteiger partial charge in [0.25, 0.3) is 5.91 Å². The standard InChI is InChI=1S/C17H14N4O5/c22-10(8-20-11(23)6-7-12(20)24)14-13-15(19-18-14)17(26)21(16(13)25)9-4-2-1-3-5-9/h1-5,13,15,19H,6-8H2. The first kappa shape index (κ1) is 16.1. The fraction of sp³-hybridized carbons (Fsp3) is 0.294. The monoisotopic (exact) mass is 354 g/mol. The van der Waals surface area contributed by atoms with Crippen LogP contribution in [0, 0.1) is 5.92 Å². The molecule has 1 aromatic carbocycles. The number of imide groups is 2. The summed E-state index contributed by atoms with van der Waals surface area (Å²) in [5.41, 5.74) is 2.83. The van der Waals surface area contributed by atoms with Gasteiger partial charge in [-0.1, -0.05) is 18.2 Å². The molecule has 2 fully saturated rings. The molecule has 4 amide bonds. The number of hydrogen-bond donors (Lipinski definition) is 1. The van der Waals surface area contributed by atoms with Crippen molar-refractivity contribution >= 4 is 40.8 Å². The molecule has 132 valence electrons. The van der Waals surface area contributed by atoms with Gasteiger partial charge in [0.1, 0.15) is 17.7 Å². The predicted molar refractivity (Wildman–Crippen MR) is 87.7 cm³/mol. The Labute approximate surface area is 147 Å². The van der Waals surface area contributed by atoms with E-state index in [4.69, 9.17) is 0 Å². The molecular weight excluding hydrogens is 340 g/mol. The van der Waals surface area contributed by atoms with Crippen molar-refractivity contribution in [1.29, 1.82) is 0 Å². The number of rotatable bonds is 4. The Hall–Kier alpha value is -3.36. The topological polar surface area (TPSA) is 116 Å². The van der Waals surface area contributed by atoms with Crippen molar-refractivity contribution in [2.45, 2.75) is 18.9 Å². The molecule has 26 heavy (non-hydrogen) atoms. The van der Waals surface area contributed by atoms with E-state index < -0.39 is 47.9 Å². The molecule has 3 aliphatic heterocycles. The molecule has 3 heterocycles. The first-order valence-corrected chi connectivity index (χ1v) is 8.11. The van der Waals surface area contributed by atoms with Crippen molar-refractivity contribution < 1.29 is 24.0 Å². The minimum atomic E-state index is -1.05. The molecule has 4 rings (SSSR count). The summed E-state index contributed by atoms with van der Waals surface area (Å²) in [4.78, 5) is 63.1. The molecule has 2 unspecified atom stereocenters. The SMILES string of the molecule is O=C(CN1C(=O)CCC1=O)C1=NNC2C(=O)N(c3ccccc3)C(=O)C12. The van der Waals surface area contributed by atoms with Crippen LogP contribution in [0.2, 0.25) is 0 Å². The first-order chi connectivity index (χ1) is 12.5. The zero-order chi connectivity index (χ0) is 18.4. The quantitative estimate of drug-likeness (QED) is 0.709. The lowest BCUT2D eigenvalue weighted by atomic mass is 9.95. The highest BCUT2D eigenvalue weighted by atomic mass is 16.2. The Bertz CT molecular complexity index is 862. The van der Waals surface area contributed by atoms with Crippen molar-refractivity contribution in [3.8, 4) is 0 Å². The van der Waals surface area contributed by atoms with Gasteiger partial charge in [-0.05, 0) is 12.1 Å². The molecule has 0 aromatic heterocycles. The normalized spacial score (nSPS) is 24.8. The summed E-state index contributed by atoms with van der Waals surface area (Å²) in [6.07, 6.45) is 0.143. The number of carbonyl (C=O) groups is 5. The van der Waals surface area contributed by atoms with E-state index in [1.54, 1.807) is 30.3 Å². The number of likely N-dealkylation sites (tertiary alicyclic amines) is 1. The third-order valence-electron chi connectivity index (χ3n) is 4.68. The predicted octanol–water partition coefficient (Wildman–Crippen LogP) is -0.778. The Balaban J connectivity index is 1.56. The van der Waals surface area contributed by atoms with Crippen molar-refractivity contribution in [3.63, 3.8) is 0 Å². The van der Waals surface area contributed by atoms with Crippen LogP contribution in [0.5, 0.6) is 0 Å². The van der Waals surface area contributed by atoms with Gasteiger partial charge in [-0.25, -0.2) is 4.90 Å². The van der Waals surface area contributed by atoms with Crippen molar-refractivity contribution in [3.05, 3.63) is 30.3 Å². The molecule has 0 bridgehead atoms. The lowest BCUT2D eigenvalue weighted by Crippen LogP contribution is -2.41. The summed E-state index contributed by atoms with van der Waals surface area (Å²) >= 11 is 0. The van der Waals surface area contributed by atoms with Gasteiger partial charge in [0.2, 0.25) is 17.7 Å². The molecule has 2 saturated heterocycles. The van der Waals surface area contributed by atoms with Crippen molar-refractivity contribution in [1.82, 2.24) is 10.3 Å². The Morgan fingerprint density at radius 3 is 2.35 bits per heavy atom. The maximum Gasteiger partial charge on any atom is 0.259 e. The maximum atomic E-state index is 12.8. The number of hydrogen-bond acceptors (Lipinski definition) is 7. The van der Waals surface area contributed by atoms with E-state index in [-0.39, 0.29) is 18.6 Å². The van der Waals surface area contributed by atoms with Gasteiger partial charge < -0.3 is 0 Å². The molecule has 1 N–H and O–H groups in total. The average Bonchev–Trinajstić information content (AvgIpc) is 3.27. The highest BCUT2D eigenvalue weighted by Crippen LogP contribution is 2.30. The number of ketones is 1. The highest BCUT2D eigenvalue weighted by molar-refractivity contribution is 6.49. The van der Waals surface area contributed by atoms with Gasteiger partial charge in [0.15, 0.2) is 5.78 Å². The number of nitrogens with one attached hydrogen (secondary N) is 1. The summed E-state index contributed by atoms with van der Waals surface area (Å²) in [5.74, 6) is -3.57. The van der Waals surface area contributed by atoms with Crippen LogP contribution in [-0.4, -0.2) is 52.6 Å². The first-order valence-electron chi connectivity index (χ1n) is 8.11. The van der Waals surface area contributed by atoms with Gasteiger partial charge in [0.05, 0.1) is 12.2 Å². The lowest BCUT2D eigenvalue weighted by molar-refractivity contribution is -0.140. The van der Waals surface area contributed by atoms with Crippen LogP contribution in [0.25, 0.3) is 0 Å². The minimum Gasteiger partial charge on any atom is -0.296 e. The van der Waals surface area contributed by atoms with E-state index in [1.807, 2.05) is 0 Å². The third kappa shape index (κ3) is 2.32. The van der Waals surface area contributed by atoms with E-state index in [1.165, 1.54) is 0 Å². The number of para-hydroxylation sites is 1. The Morgan fingerprint density at radius 1 is 1.04 bits per heavy atom. The van der Waals surface area contributed by atoms with Crippen LogP contribution < -0.4 is 10.3 Å². The highest BCUT2D eigenvalue weighted by Gasteiger charge is 2.55. The molecule has 0 radical (unpaired) electrons. The fourth-order valence-corrected chi connectivity index (χ4v) is 3.38. The van der Waals surface area contributed by atoms with Crippen molar-refractivity contribution in [2.75, 3.05) is 11.4 Å². The number of Topliss-reactive ketones (excluding diaryl/α,β-unsaturated/α-hetero) is 1. The number of benzene rings is 1. The Kier molecular flexibility index (Phi) is 3.64. The van der Waals surface area contributed by atoms with Crippen LogP contribution in [0.1, 0.15) is 12.8 Å². The molecule has 0 saturated carbocycles. The smallest absolute Gasteiger partial charge is 0.259 e. The van der Waals surface area contributed by atoms with Gasteiger partial charge in [0, 0.05) is 12.8 Å². The molecule has 2 atom stereocenters. The Morgan fingerprint density at radius 2 is 1.69 bits per heavy atom. The van der Waals surface area contributed by atoms with Crippen LogP contribution in [-0.2, 0) is 24.0 Å². The second kappa shape index (κ2) is 5.87. The molecule has 1 aromatic rings. The lowest BCUT2D eigenvalue weighted by Gasteiger charge is -2.16. The fourth-order valence-electron chi connectivity index (χ4n) is 3.38. The summed E-state index contributed by atoms with van der Waals surface area (Å²) in [6.45, 7) is -0.464. The maximum absolute atomic E-state index is 12.8. The van der Waals surface area contributed by atoms with Gasteiger partial charge in [-0.15, -0.1) is 0 Å². The number of nitrogens with zero attached hydrogens (tertiary/aromatic N) is 3. The second-order valence-corrected chi connectivity index (χ2v) is 6.23. The van der Waals surface area contributed by atoms with E-state index in [0.717, 1.165) is 9.80 Å². The van der Waals surface area contributed by atoms with E-state index >= 15 is 0 Å². The minimum absolute atomic E-state index is 0.0715. The van der Waals surface area contributed by atoms with Crippen molar-refractivity contribution in [2.24, 2.45) is 11.0 Å². The zero-order valence-corrected chi connectivity index (χ0v) is 13.5. The number of hydrazone groups is 1. The van der Waals surface area contributed by atoms with Crippen LogP contribution >= 0.6 is 0 Å².